The van der Waals surface area contributed by atoms with Crippen molar-refractivity contribution in [3.05, 3.63) is 59.7 Å². The number of tetrazole rings is 1. The van der Waals surface area contributed by atoms with E-state index in [1.54, 1.807) is 4.68 Å². The summed E-state index contributed by atoms with van der Waals surface area (Å²) in [6, 6.07) is 12.1. The van der Waals surface area contributed by atoms with Crippen LogP contribution in [0.3, 0.4) is 0 Å². The fraction of sp³-hybridized carbons (Fsp3) is 0.200. The number of anilines is 1. The van der Waals surface area contributed by atoms with Gasteiger partial charge in [0.25, 0.3) is 0 Å². The largest absolute Gasteiger partial charge is 0.379 e. The van der Waals surface area contributed by atoms with E-state index in [1.165, 1.54) is 0 Å². The lowest BCUT2D eigenvalue weighted by molar-refractivity contribution is 0.779. The first-order chi connectivity index (χ1) is 10.2. The molecular weight excluding hydrogens is 264 g/mol. The zero-order valence-corrected chi connectivity index (χ0v) is 12.0. The van der Waals surface area contributed by atoms with Gasteiger partial charge in [0.1, 0.15) is 0 Å². The average Bonchev–Trinajstić information content (AvgIpc) is 2.93. The first-order valence-corrected chi connectivity index (χ1v) is 6.73. The standard InChI is InChI=1S/C15H16N6/c1-11-6-7-14(16-9-11)10-17-13-4-3-5-15(8-13)21-12(2)18-19-20-21/h3-9,17H,10H2,1-2H3. The topological polar surface area (TPSA) is 68.5 Å². The summed E-state index contributed by atoms with van der Waals surface area (Å²) in [6.45, 7) is 4.58. The molecule has 0 spiro atoms. The van der Waals surface area contributed by atoms with Crippen LogP contribution in [0.5, 0.6) is 0 Å². The van der Waals surface area contributed by atoms with Gasteiger partial charge in [0.15, 0.2) is 5.82 Å². The first kappa shape index (κ1) is 13.2. The third-order valence-electron chi connectivity index (χ3n) is 3.16. The quantitative estimate of drug-likeness (QED) is 0.794. The molecule has 0 amide bonds. The SMILES string of the molecule is Cc1ccc(CNc2cccc(-n3nnnc3C)c2)nc1. The van der Waals surface area contributed by atoms with Gasteiger partial charge in [-0.25, -0.2) is 0 Å². The lowest BCUT2D eigenvalue weighted by Crippen LogP contribution is -2.04. The van der Waals surface area contributed by atoms with Crippen LogP contribution in [0.2, 0.25) is 0 Å². The predicted molar refractivity (Wildman–Crippen MR) is 80.2 cm³/mol. The van der Waals surface area contributed by atoms with Crippen molar-refractivity contribution in [3.8, 4) is 5.69 Å². The highest BCUT2D eigenvalue weighted by Crippen LogP contribution is 2.15. The Labute approximate surface area is 122 Å². The van der Waals surface area contributed by atoms with Crippen LogP contribution >= 0.6 is 0 Å². The molecule has 6 nitrogen and oxygen atoms in total. The Morgan fingerprint density at radius 2 is 2.05 bits per heavy atom. The van der Waals surface area contributed by atoms with Crippen LogP contribution in [0.4, 0.5) is 5.69 Å². The molecule has 2 heterocycles. The number of nitrogens with zero attached hydrogens (tertiary/aromatic N) is 5. The van der Waals surface area contributed by atoms with E-state index in [4.69, 9.17) is 0 Å². The molecule has 0 aliphatic rings. The predicted octanol–water partition coefficient (Wildman–Crippen LogP) is 2.29. The van der Waals surface area contributed by atoms with Crippen molar-refractivity contribution in [1.82, 2.24) is 25.2 Å². The van der Waals surface area contributed by atoms with Gasteiger partial charge >= 0.3 is 0 Å². The van der Waals surface area contributed by atoms with Gasteiger partial charge in [-0.05, 0) is 54.1 Å². The summed E-state index contributed by atoms with van der Waals surface area (Å²) in [5.74, 6) is 0.757. The highest BCUT2D eigenvalue weighted by atomic mass is 15.5. The summed E-state index contributed by atoms with van der Waals surface area (Å²) in [5, 5.41) is 14.9. The van der Waals surface area contributed by atoms with E-state index in [0.717, 1.165) is 28.5 Å². The van der Waals surface area contributed by atoms with Gasteiger partial charge in [-0.15, -0.1) is 5.10 Å². The van der Waals surface area contributed by atoms with Crippen molar-refractivity contribution >= 4 is 5.69 Å². The maximum atomic E-state index is 4.38. The Kier molecular flexibility index (Phi) is 3.59. The van der Waals surface area contributed by atoms with Crippen molar-refractivity contribution < 1.29 is 0 Å². The first-order valence-electron chi connectivity index (χ1n) is 6.73. The third-order valence-corrected chi connectivity index (χ3v) is 3.16. The van der Waals surface area contributed by atoms with Crippen LogP contribution in [-0.2, 0) is 6.54 Å². The number of aryl methyl sites for hydroxylation is 2. The van der Waals surface area contributed by atoms with Gasteiger partial charge in [0, 0.05) is 11.9 Å². The van der Waals surface area contributed by atoms with E-state index in [1.807, 2.05) is 50.4 Å². The molecule has 21 heavy (non-hydrogen) atoms. The van der Waals surface area contributed by atoms with Gasteiger partial charge in [-0.1, -0.05) is 12.1 Å². The molecule has 6 heteroatoms. The highest BCUT2D eigenvalue weighted by Gasteiger charge is 2.04. The van der Waals surface area contributed by atoms with Crippen LogP contribution < -0.4 is 5.32 Å². The number of nitrogens with one attached hydrogen (secondary N) is 1. The molecular formula is C15H16N6. The van der Waals surface area contributed by atoms with E-state index in [-0.39, 0.29) is 0 Å². The van der Waals surface area contributed by atoms with E-state index in [2.05, 4.69) is 31.9 Å². The van der Waals surface area contributed by atoms with Crippen LogP contribution in [0.1, 0.15) is 17.1 Å². The zero-order chi connectivity index (χ0) is 14.7. The summed E-state index contributed by atoms with van der Waals surface area (Å²) in [5.41, 5.74) is 4.10. The van der Waals surface area contributed by atoms with E-state index in [9.17, 15) is 0 Å². The molecule has 0 bridgehead atoms. The van der Waals surface area contributed by atoms with Crippen molar-refractivity contribution in [2.75, 3.05) is 5.32 Å². The molecule has 3 aromatic rings. The molecule has 0 saturated heterocycles. The Hall–Kier alpha value is -2.76. The number of aromatic nitrogens is 5. The molecule has 0 atom stereocenters. The molecule has 1 N–H and O–H groups in total. The minimum Gasteiger partial charge on any atom is -0.379 e. The maximum absolute atomic E-state index is 4.38. The van der Waals surface area contributed by atoms with Crippen molar-refractivity contribution in [2.24, 2.45) is 0 Å². The molecule has 0 fully saturated rings. The summed E-state index contributed by atoms with van der Waals surface area (Å²) in [7, 11) is 0. The number of rotatable bonds is 4. The van der Waals surface area contributed by atoms with Gasteiger partial charge in [0.2, 0.25) is 0 Å². The molecule has 106 valence electrons. The van der Waals surface area contributed by atoms with Crippen LogP contribution in [0.15, 0.2) is 42.6 Å². The Morgan fingerprint density at radius 3 is 2.76 bits per heavy atom. The smallest absolute Gasteiger partial charge is 0.153 e. The third kappa shape index (κ3) is 3.05. The minimum atomic E-state index is 0.679. The molecule has 0 radical (unpaired) electrons. The van der Waals surface area contributed by atoms with Gasteiger partial charge in [0.05, 0.1) is 17.9 Å². The Balaban J connectivity index is 1.74. The highest BCUT2D eigenvalue weighted by molar-refractivity contribution is 5.51. The normalized spacial score (nSPS) is 10.6. The number of pyridine rings is 1. The van der Waals surface area contributed by atoms with Gasteiger partial charge in [-0.3, -0.25) is 4.98 Å². The summed E-state index contributed by atoms with van der Waals surface area (Å²) in [4.78, 5) is 4.38. The van der Waals surface area contributed by atoms with E-state index < -0.39 is 0 Å². The fourth-order valence-electron chi connectivity index (χ4n) is 2.01. The molecule has 3 rings (SSSR count). The second kappa shape index (κ2) is 5.70. The minimum absolute atomic E-state index is 0.679. The Morgan fingerprint density at radius 1 is 1.14 bits per heavy atom. The summed E-state index contributed by atoms with van der Waals surface area (Å²) < 4.78 is 1.70. The second-order valence-corrected chi connectivity index (χ2v) is 4.87. The van der Waals surface area contributed by atoms with E-state index >= 15 is 0 Å². The monoisotopic (exact) mass is 280 g/mol. The van der Waals surface area contributed by atoms with Crippen LogP contribution in [-0.4, -0.2) is 25.2 Å². The zero-order valence-electron chi connectivity index (χ0n) is 12.0. The van der Waals surface area contributed by atoms with Gasteiger partial charge in [-0.2, -0.15) is 4.68 Å². The van der Waals surface area contributed by atoms with E-state index in [0.29, 0.717) is 6.54 Å². The van der Waals surface area contributed by atoms with Crippen molar-refractivity contribution in [3.63, 3.8) is 0 Å². The van der Waals surface area contributed by atoms with Gasteiger partial charge < -0.3 is 5.32 Å². The summed E-state index contributed by atoms with van der Waals surface area (Å²) >= 11 is 0. The average molecular weight is 280 g/mol. The molecule has 0 unspecified atom stereocenters. The number of benzene rings is 1. The Bertz CT molecular complexity index is 732. The van der Waals surface area contributed by atoms with Crippen molar-refractivity contribution in [1.29, 1.82) is 0 Å². The lowest BCUT2D eigenvalue weighted by Gasteiger charge is -2.08. The van der Waals surface area contributed by atoms with Crippen LogP contribution in [0.25, 0.3) is 5.69 Å². The molecule has 0 aliphatic heterocycles. The number of hydrogen-bond acceptors (Lipinski definition) is 5. The fourth-order valence-corrected chi connectivity index (χ4v) is 2.01. The second-order valence-electron chi connectivity index (χ2n) is 4.87. The van der Waals surface area contributed by atoms with Crippen molar-refractivity contribution in [2.45, 2.75) is 20.4 Å². The summed E-state index contributed by atoms with van der Waals surface area (Å²) in [6.07, 6.45) is 1.87. The lowest BCUT2D eigenvalue weighted by atomic mass is 10.2. The molecule has 0 saturated carbocycles. The molecule has 0 aliphatic carbocycles. The maximum Gasteiger partial charge on any atom is 0.153 e. The molecule has 2 aromatic heterocycles. The van der Waals surface area contributed by atoms with Crippen LogP contribution in [0, 0.1) is 13.8 Å². The molecule has 1 aromatic carbocycles. The number of hydrogen-bond donors (Lipinski definition) is 1.